The van der Waals surface area contributed by atoms with Crippen LogP contribution in [0.4, 0.5) is 4.79 Å². The molecule has 3 N–H and O–H groups in total. The third-order valence-corrected chi connectivity index (χ3v) is 3.14. The Morgan fingerprint density at radius 2 is 2.30 bits per heavy atom. The minimum Gasteiger partial charge on any atom is -0.334 e. The number of carbonyl (C=O) groups is 2. The van der Waals surface area contributed by atoms with E-state index in [-0.39, 0.29) is 18.0 Å². The van der Waals surface area contributed by atoms with E-state index >= 15 is 0 Å². The number of carbonyl (C=O) groups excluding carboxylic acids is 2. The molecule has 0 spiro atoms. The van der Waals surface area contributed by atoms with Crippen LogP contribution in [0.3, 0.4) is 0 Å². The number of aromatic nitrogens is 3. The topological polar surface area (TPSA) is 109 Å². The molecule has 0 fully saturated rings. The second-order valence-electron chi connectivity index (χ2n) is 3.80. The monoisotopic (exact) mass is 299 g/mol. The zero-order chi connectivity index (χ0) is 15.0. The van der Waals surface area contributed by atoms with E-state index in [1.54, 1.807) is 0 Å². The van der Waals surface area contributed by atoms with Crippen LogP contribution in [0.15, 0.2) is 22.6 Å². The van der Waals surface area contributed by atoms with Gasteiger partial charge < -0.3 is 5.32 Å². The Bertz CT molecular complexity index is 536. The zero-order valence-corrected chi connectivity index (χ0v) is 12.0. The fourth-order valence-electron chi connectivity index (χ4n) is 1.34. The summed E-state index contributed by atoms with van der Waals surface area (Å²) >= 11 is 1.09. The van der Waals surface area contributed by atoms with Crippen molar-refractivity contribution in [2.45, 2.75) is 25.0 Å². The van der Waals surface area contributed by atoms with Crippen molar-refractivity contribution >= 4 is 23.7 Å². The smallest absolute Gasteiger partial charge is 0.334 e. The first-order valence-corrected chi connectivity index (χ1v) is 7.03. The van der Waals surface area contributed by atoms with Crippen LogP contribution in [-0.4, -0.2) is 39.0 Å². The first kappa shape index (κ1) is 16.0. The molecule has 1 heterocycles. The van der Waals surface area contributed by atoms with Gasteiger partial charge in [0.1, 0.15) is 0 Å². The van der Waals surface area contributed by atoms with Gasteiger partial charge in [0, 0.05) is 13.1 Å². The lowest BCUT2D eigenvalue weighted by atomic mass is 10.5. The van der Waals surface area contributed by atoms with Crippen LogP contribution in [0.25, 0.3) is 0 Å². The highest BCUT2D eigenvalue weighted by Gasteiger charge is 2.12. The lowest BCUT2D eigenvalue weighted by molar-refractivity contribution is -0.117. The number of amides is 3. The minimum atomic E-state index is -0.580. The van der Waals surface area contributed by atoms with Gasteiger partial charge in [0.05, 0.1) is 5.75 Å². The van der Waals surface area contributed by atoms with E-state index in [2.05, 4.69) is 27.4 Å². The van der Waals surface area contributed by atoms with E-state index in [4.69, 9.17) is 0 Å². The number of nitrogens with one attached hydrogen (secondary N) is 3. The van der Waals surface area contributed by atoms with Crippen molar-refractivity contribution in [3.63, 3.8) is 0 Å². The van der Waals surface area contributed by atoms with Gasteiger partial charge in [-0.25, -0.2) is 14.7 Å². The largest absolute Gasteiger partial charge is 0.343 e. The molecule has 110 valence electrons. The summed E-state index contributed by atoms with van der Waals surface area (Å²) in [4.78, 5) is 34.2. The van der Waals surface area contributed by atoms with Crippen LogP contribution in [0.5, 0.6) is 0 Å². The van der Waals surface area contributed by atoms with Gasteiger partial charge in [-0.05, 0) is 6.42 Å². The summed E-state index contributed by atoms with van der Waals surface area (Å²) in [6.07, 6.45) is 2.29. The number of aromatic amines is 1. The molecule has 0 atom stereocenters. The van der Waals surface area contributed by atoms with Crippen molar-refractivity contribution in [2.24, 2.45) is 0 Å². The summed E-state index contributed by atoms with van der Waals surface area (Å²) in [5, 5.41) is 11.2. The number of nitrogens with zero attached hydrogens (tertiary/aromatic N) is 2. The van der Waals surface area contributed by atoms with Crippen LogP contribution in [0.2, 0.25) is 0 Å². The lowest BCUT2D eigenvalue weighted by Crippen LogP contribution is -2.40. The van der Waals surface area contributed by atoms with E-state index in [1.165, 1.54) is 10.6 Å². The van der Waals surface area contributed by atoms with Crippen LogP contribution >= 0.6 is 11.8 Å². The van der Waals surface area contributed by atoms with Crippen LogP contribution in [-0.2, 0) is 11.3 Å². The molecule has 0 radical (unpaired) electrons. The molecule has 20 heavy (non-hydrogen) atoms. The average molecular weight is 299 g/mol. The van der Waals surface area contributed by atoms with Crippen molar-refractivity contribution in [1.82, 2.24) is 25.4 Å². The van der Waals surface area contributed by atoms with Gasteiger partial charge >= 0.3 is 11.7 Å². The summed E-state index contributed by atoms with van der Waals surface area (Å²) < 4.78 is 1.45. The molecule has 0 unspecified atom stereocenters. The molecule has 1 aromatic rings. The third-order valence-electron chi connectivity index (χ3n) is 2.16. The maximum Gasteiger partial charge on any atom is 0.343 e. The van der Waals surface area contributed by atoms with Gasteiger partial charge in [-0.2, -0.15) is 0 Å². The predicted molar refractivity (Wildman–Crippen MR) is 75.6 cm³/mol. The van der Waals surface area contributed by atoms with Crippen molar-refractivity contribution in [2.75, 3.05) is 12.3 Å². The van der Waals surface area contributed by atoms with E-state index in [0.29, 0.717) is 11.7 Å². The van der Waals surface area contributed by atoms with Crippen molar-refractivity contribution < 1.29 is 9.59 Å². The normalized spacial score (nSPS) is 10.1. The minimum absolute atomic E-state index is 0.00445. The Morgan fingerprint density at radius 3 is 2.95 bits per heavy atom. The average Bonchev–Trinajstić information content (AvgIpc) is 2.76. The van der Waals surface area contributed by atoms with Gasteiger partial charge in [0.25, 0.3) is 0 Å². The molecule has 3 amide bonds. The standard InChI is InChI=1S/C11H17N5O3S/c1-3-5-12-9(18)13-8(17)7-20-11-15-14-10(19)16(11)6-4-2/h3H,1,4-7H2,2H3,(H,14,19)(H2,12,13,17,18). The molecule has 0 bridgehead atoms. The summed E-state index contributed by atoms with van der Waals surface area (Å²) in [7, 11) is 0. The highest BCUT2D eigenvalue weighted by Crippen LogP contribution is 2.12. The summed E-state index contributed by atoms with van der Waals surface area (Å²) in [6.45, 7) is 6.18. The Balaban J connectivity index is 2.47. The molecule has 0 aliphatic carbocycles. The van der Waals surface area contributed by atoms with Crippen LogP contribution in [0, 0.1) is 0 Å². The first-order valence-electron chi connectivity index (χ1n) is 6.05. The SMILES string of the molecule is C=CCNC(=O)NC(=O)CSc1n[nH]c(=O)n1CCC. The molecular weight excluding hydrogens is 282 g/mol. The first-order chi connectivity index (χ1) is 9.58. The van der Waals surface area contributed by atoms with Gasteiger partial charge in [-0.3, -0.25) is 14.7 Å². The highest BCUT2D eigenvalue weighted by atomic mass is 32.2. The lowest BCUT2D eigenvalue weighted by Gasteiger charge is -2.05. The van der Waals surface area contributed by atoms with Gasteiger partial charge in [-0.1, -0.05) is 24.8 Å². The van der Waals surface area contributed by atoms with E-state index in [0.717, 1.165) is 18.2 Å². The molecule has 0 saturated carbocycles. The Labute approximate surface area is 120 Å². The van der Waals surface area contributed by atoms with Crippen molar-refractivity contribution in [3.05, 3.63) is 23.1 Å². The number of H-pyrrole nitrogens is 1. The van der Waals surface area contributed by atoms with Gasteiger partial charge in [0.15, 0.2) is 5.16 Å². The third kappa shape index (κ3) is 4.92. The van der Waals surface area contributed by atoms with Crippen LogP contribution < -0.4 is 16.3 Å². The molecule has 9 heteroatoms. The molecule has 0 aromatic carbocycles. The van der Waals surface area contributed by atoms with Gasteiger partial charge in [0.2, 0.25) is 5.91 Å². The quantitative estimate of drug-likeness (QED) is 0.488. The molecule has 1 rings (SSSR count). The fourth-order valence-corrected chi connectivity index (χ4v) is 2.11. The summed E-state index contributed by atoms with van der Waals surface area (Å²) in [6, 6.07) is -0.580. The predicted octanol–water partition coefficient (Wildman–Crippen LogP) is 0.0853. The number of rotatable bonds is 7. The number of thioether (sulfide) groups is 1. The van der Waals surface area contributed by atoms with E-state index in [1.807, 2.05) is 6.92 Å². The fraction of sp³-hybridized carbons (Fsp3) is 0.455. The van der Waals surface area contributed by atoms with Gasteiger partial charge in [-0.15, -0.1) is 11.7 Å². The number of hydrogen-bond acceptors (Lipinski definition) is 5. The van der Waals surface area contributed by atoms with E-state index < -0.39 is 11.9 Å². The molecular formula is C11H17N5O3S. The Morgan fingerprint density at radius 1 is 1.55 bits per heavy atom. The second-order valence-corrected chi connectivity index (χ2v) is 4.74. The number of imide groups is 1. The molecule has 0 aliphatic rings. The highest BCUT2D eigenvalue weighted by molar-refractivity contribution is 7.99. The molecule has 0 saturated heterocycles. The van der Waals surface area contributed by atoms with E-state index in [9.17, 15) is 14.4 Å². The maximum absolute atomic E-state index is 11.5. The number of urea groups is 1. The molecule has 8 nitrogen and oxygen atoms in total. The summed E-state index contributed by atoms with van der Waals surface area (Å²) in [5.41, 5.74) is -0.307. The van der Waals surface area contributed by atoms with Crippen molar-refractivity contribution in [1.29, 1.82) is 0 Å². The summed E-state index contributed by atoms with van der Waals surface area (Å²) in [5.74, 6) is -0.467. The maximum atomic E-state index is 11.5. The molecule has 0 aliphatic heterocycles. The second kappa shape index (κ2) is 8.20. The Kier molecular flexibility index (Phi) is 6.57. The number of hydrogen-bond donors (Lipinski definition) is 3. The van der Waals surface area contributed by atoms with Crippen molar-refractivity contribution in [3.8, 4) is 0 Å². The molecule has 1 aromatic heterocycles. The van der Waals surface area contributed by atoms with Crippen LogP contribution in [0.1, 0.15) is 13.3 Å². The Hall–Kier alpha value is -2.03. The zero-order valence-electron chi connectivity index (χ0n) is 11.1.